The summed E-state index contributed by atoms with van der Waals surface area (Å²) in [6.45, 7) is 6.30. The van der Waals surface area contributed by atoms with Gasteiger partial charge in [0.1, 0.15) is 17.8 Å². The number of nitrogens with zero attached hydrogens (tertiary/aromatic N) is 5. The number of hydrogen-bond donors (Lipinski definition) is 4. The number of guanidine groups is 1. The van der Waals surface area contributed by atoms with E-state index in [-0.39, 0.29) is 5.96 Å². The highest BCUT2D eigenvalue weighted by Crippen LogP contribution is 2.32. The van der Waals surface area contributed by atoms with E-state index in [1.165, 1.54) is 6.33 Å². The summed E-state index contributed by atoms with van der Waals surface area (Å²) in [6.07, 6.45) is 3.13. The summed E-state index contributed by atoms with van der Waals surface area (Å²) in [5, 5.41) is 26.9. The molecule has 0 bridgehead atoms. The summed E-state index contributed by atoms with van der Waals surface area (Å²) in [5.41, 5.74) is 8.99. The molecule has 27 heavy (non-hydrogen) atoms. The van der Waals surface area contributed by atoms with Crippen molar-refractivity contribution < 1.29 is 0 Å². The first kappa shape index (κ1) is 18.1. The molecule has 3 aromatic rings. The number of nitrogen functional groups attached to an aromatic ring is 1. The van der Waals surface area contributed by atoms with E-state index in [0.29, 0.717) is 29.1 Å². The molecule has 2 heterocycles. The molecule has 9 heteroatoms. The van der Waals surface area contributed by atoms with Crippen LogP contribution in [-0.2, 0) is 5.54 Å². The maximum Gasteiger partial charge on any atom is 0.201 e. The normalized spacial score (nSPS) is 11.2. The molecule has 0 radical (unpaired) electrons. The lowest BCUT2D eigenvalue weighted by atomic mass is 10.1. The average molecular weight is 363 g/mol. The maximum atomic E-state index is 8.61. The zero-order valence-corrected chi connectivity index (χ0v) is 15.4. The number of nitrogens with one attached hydrogen (secondary N) is 3. The Morgan fingerprint density at radius 2 is 2.00 bits per heavy atom. The minimum atomic E-state index is -0.550. The van der Waals surface area contributed by atoms with E-state index in [2.05, 4.69) is 20.6 Å². The van der Waals surface area contributed by atoms with Crippen molar-refractivity contribution in [3.63, 3.8) is 0 Å². The highest BCUT2D eigenvalue weighted by Gasteiger charge is 2.28. The van der Waals surface area contributed by atoms with Crippen molar-refractivity contribution in [1.29, 1.82) is 10.7 Å². The molecule has 0 saturated carbocycles. The van der Waals surface area contributed by atoms with Gasteiger partial charge in [0.2, 0.25) is 5.96 Å². The SMILES string of the molecule is Cc1ccc(-c2nn(C(C)(C)CNC(=N)NC#N)c3ncnc(N)c23)cc1. The van der Waals surface area contributed by atoms with E-state index >= 15 is 0 Å². The Balaban J connectivity index is 2.09. The maximum absolute atomic E-state index is 8.61. The van der Waals surface area contributed by atoms with E-state index in [4.69, 9.17) is 21.5 Å². The van der Waals surface area contributed by atoms with Gasteiger partial charge >= 0.3 is 0 Å². The number of benzene rings is 1. The van der Waals surface area contributed by atoms with Gasteiger partial charge in [0.15, 0.2) is 11.8 Å². The predicted octanol–water partition coefficient (Wildman–Crippen LogP) is 1.71. The van der Waals surface area contributed by atoms with Crippen LogP contribution in [0.4, 0.5) is 5.82 Å². The van der Waals surface area contributed by atoms with Gasteiger partial charge < -0.3 is 11.1 Å². The summed E-state index contributed by atoms with van der Waals surface area (Å²) in [7, 11) is 0. The number of aromatic nitrogens is 4. The summed E-state index contributed by atoms with van der Waals surface area (Å²) < 4.78 is 1.78. The van der Waals surface area contributed by atoms with Gasteiger partial charge in [0, 0.05) is 12.1 Å². The predicted molar refractivity (Wildman–Crippen MR) is 104 cm³/mol. The summed E-state index contributed by atoms with van der Waals surface area (Å²) in [5.74, 6) is 0.291. The number of rotatable bonds is 4. The molecule has 0 spiro atoms. The third-order valence-corrected chi connectivity index (χ3v) is 4.27. The molecule has 9 nitrogen and oxygen atoms in total. The Kier molecular flexibility index (Phi) is 4.64. The molecule has 5 N–H and O–H groups in total. The van der Waals surface area contributed by atoms with Crippen molar-refractivity contribution >= 4 is 22.8 Å². The fourth-order valence-corrected chi connectivity index (χ4v) is 2.79. The van der Waals surface area contributed by atoms with E-state index in [1.54, 1.807) is 10.9 Å². The summed E-state index contributed by atoms with van der Waals surface area (Å²) >= 11 is 0. The van der Waals surface area contributed by atoms with Gasteiger partial charge in [-0.3, -0.25) is 10.7 Å². The monoisotopic (exact) mass is 363 g/mol. The van der Waals surface area contributed by atoms with Gasteiger partial charge in [-0.15, -0.1) is 0 Å². The van der Waals surface area contributed by atoms with Crippen molar-refractivity contribution in [1.82, 2.24) is 30.4 Å². The number of nitrogens with two attached hydrogens (primary N) is 1. The molecule has 0 amide bonds. The number of nitriles is 1. The fourth-order valence-electron chi connectivity index (χ4n) is 2.79. The second kappa shape index (κ2) is 6.92. The average Bonchev–Trinajstić information content (AvgIpc) is 3.03. The quantitative estimate of drug-likeness (QED) is 0.239. The third kappa shape index (κ3) is 3.50. The lowest BCUT2D eigenvalue weighted by molar-refractivity contribution is 0.327. The minimum absolute atomic E-state index is 0.0741. The largest absolute Gasteiger partial charge is 0.383 e. The van der Waals surface area contributed by atoms with Gasteiger partial charge in [-0.2, -0.15) is 10.4 Å². The Hall–Kier alpha value is -3.67. The molecular formula is C18H21N9. The molecule has 2 aromatic heterocycles. The second-order valence-corrected chi connectivity index (χ2v) is 6.86. The standard InChI is InChI=1S/C18H21N9/c1-11-4-6-12(7-5-11)14-13-15(20)24-10-25-16(13)27(26-14)18(2,3)8-22-17(21)23-9-19/h4-7,10H,8H2,1-3H3,(H2,20,24,25)(H3,21,22,23). The molecule has 0 aliphatic rings. The van der Waals surface area contributed by atoms with E-state index in [1.807, 2.05) is 45.0 Å². The lowest BCUT2D eigenvalue weighted by Gasteiger charge is -2.26. The van der Waals surface area contributed by atoms with E-state index in [9.17, 15) is 0 Å². The highest BCUT2D eigenvalue weighted by molar-refractivity contribution is 5.98. The van der Waals surface area contributed by atoms with Crippen LogP contribution in [0.2, 0.25) is 0 Å². The first-order valence-corrected chi connectivity index (χ1v) is 8.38. The molecule has 0 atom stereocenters. The van der Waals surface area contributed by atoms with Gasteiger partial charge in [0.25, 0.3) is 0 Å². The van der Waals surface area contributed by atoms with Gasteiger partial charge in [0.05, 0.1) is 10.9 Å². The number of aryl methyl sites for hydroxylation is 1. The first-order chi connectivity index (χ1) is 12.8. The van der Waals surface area contributed by atoms with E-state index < -0.39 is 5.54 Å². The summed E-state index contributed by atoms with van der Waals surface area (Å²) in [4.78, 5) is 8.52. The van der Waals surface area contributed by atoms with Crippen LogP contribution in [0.25, 0.3) is 22.3 Å². The molecule has 3 rings (SSSR count). The van der Waals surface area contributed by atoms with Crippen LogP contribution in [0.3, 0.4) is 0 Å². The van der Waals surface area contributed by atoms with E-state index in [0.717, 1.165) is 11.1 Å². The molecule has 1 aromatic carbocycles. The Morgan fingerprint density at radius 1 is 1.30 bits per heavy atom. The summed E-state index contributed by atoms with van der Waals surface area (Å²) in [6, 6.07) is 8.01. The molecule has 0 aliphatic carbocycles. The molecular weight excluding hydrogens is 342 g/mol. The van der Waals surface area contributed by atoms with Crippen molar-refractivity contribution in [2.75, 3.05) is 12.3 Å². The van der Waals surface area contributed by atoms with Crippen molar-refractivity contribution in [3.8, 4) is 17.5 Å². The van der Waals surface area contributed by atoms with Crippen LogP contribution in [0.5, 0.6) is 0 Å². The van der Waals surface area contributed by atoms with Gasteiger partial charge in [-0.1, -0.05) is 29.8 Å². The fraction of sp³-hybridized carbons (Fsp3) is 0.278. The van der Waals surface area contributed by atoms with Crippen LogP contribution in [0.15, 0.2) is 30.6 Å². The number of anilines is 1. The van der Waals surface area contributed by atoms with Crippen LogP contribution in [-0.4, -0.2) is 32.3 Å². The Labute approximate surface area is 156 Å². The topological polar surface area (TPSA) is 141 Å². The minimum Gasteiger partial charge on any atom is -0.383 e. The third-order valence-electron chi connectivity index (χ3n) is 4.27. The Bertz CT molecular complexity index is 1030. The zero-order chi connectivity index (χ0) is 19.6. The smallest absolute Gasteiger partial charge is 0.201 e. The number of fused-ring (bicyclic) bond motifs is 1. The highest BCUT2D eigenvalue weighted by atomic mass is 15.4. The van der Waals surface area contributed by atoms with Crippen molar-refractivity contribution in [2.24, 2.45) is 0 Å². The molecule has 0 fully saturated rings. The second-order valence-electron chi connectivity index (χ2n) is 6.86. The first-order valence-electron chi connectivity index (χ1n) is 8.38. The lowest BCUT2D eigenvalue weighted by Crippen LogP contribution is -2.44. The van der Waals surface area contributed by atoms with Crippen LogP contribution in [0.1, 0.15) is 19.4 Å². The molecule has 0 unspecified atom stereocenters. The van der Waals surface area contributed by atoms with Crippen LogP contribution >= 0.6 is 0 Å². The van der Waals surface area contributed by atoms with Crippen molar-refractivity contribution in [3.05, 3.63) is 36.2 Å². The Morgan fingerprint density at radius 3 is 2.67 bits per heavy atom. The molecule has 138 valence electrons. The van der Waals surface area contributed by atoms with Gasteiger partial charge in [-0.05, 0) is 20.8 Å². The molecule has 0 saturated heterocycles. The zero-order valence-electron chi connectivity index (χ0n) is 15.4. The van der Waals surface area contributed by atoms with Crippen LogP contribution in [0, 0.1) is 23.8 Å². The number of hydrogen-bond acceptors (Lipinski definition) is 6. The van der Waals surface area contributed by atoms with Crippen LogP contribution < -0.4 is 16.4 Å². The van der Waals surface area contributed by atoms with Crippen molar-refractivity contribution in [2.45, 2.75) is 26.3 Å². The molecule has 0 aliphatic heterocycles. The van der Waals surface area contributed by atoms with Gasteiger partial charge in [-0.25, -0.2) is 14.6 Å².